The molecule has 0 unspecified atom stereocenters. The van der Waals surface area contributed by atoms with Gasteiger partial charge in [0.2, 0.25) is 0 Å². The van der Waals surface area contributed by atoms with Gasteiger partial charge in [0, 0.05) is 12.1 Å². The van der Waals surface area contributed by atoms with Crippen molar-refractivity contribution >= 4 is 11.7 Å². The van der Waals surface area contributed by atoms with E-state index in [1.807, 2.05) is 30.3 Å². The Hall–Kier alpha value is -3.55. The zero-order valence-corrected chi connectivity index (χ0v) is 14.2. The second kappa shape index (κ2) is 7.14. The number of para-hydroxylation sites is 1. The molecule has 132 valence electrons. The van der Waals surface area contributed by atoms with Crippen LogP contribution in [0.2, 0.25) is 0 Å². The minimum Gasteiger partial charge on any atom is -0.453 e. The summed E-state index contributed by atoms with van der Waals surface area (Å²) >= 11 is 0. The normalized spacial score (nSPS) is 11.8. The number of non-ortho nitro benzene ring substituents is 1. The lowest BCUT2D eigenvalue weighted by atomic mass is 10.1. The van der Waals surface area contributed by atoms with Crippen molar-refractivity contribution in [2.45, 2.75) is 20.0 Å². The fraction of sp³-hybridized carbons (Fsp3) is 0.167. The summed E-state index contributed by atoms with van der Waals surface area (Å²) in [4.78, 5) is 24.2. The van der Waals surface area contributed by atoms with Crippen molar-refractivity contribution in [1.29, 1.82) is 0 Å². The molecular formula is C18H16N4O4. The molecule has 3 aromatic rings. The van der Waals surface area contributed by atoms with E-state index in [0.717, 1.165) is 5.69 Å². The molecule has 26 heavy (non-hydrogen) atoms. The molecule has 0 amide bonds. The molecule has 0 N–H and O–H groups in total. The number of benzene rings is 2. The van der Waals surface area contributed by atoms with Crippen molar-refractivity contribution < 1.29 is 14.5 Å². The number of hydrogen-bond acceptors (Lipinski definition) is 6. The van der Waals surface area contributed by atoms with Gasteiger partial charge in [0.05, 0.1) is 16.3 Å². The molecule has 0 spiro atoms. The van der Waals surface area contributed by atoms with Gasteiger partial charge < -0.3 is 4.74 Å². The van der Waals surface area contributed by atoms with E-state index in [1.54, 1.807) is 26.0 Å². The summed E-state index contributed by atoms with van der Waals surface area (Å²) in [6, 6.07) is 15.2. The maximum Gasteiger partial charge on any atom is 0.361 e. The SMILES string of the molecule is Cc1nn(-c2ccccc2)nc1C(=O)O[C@@H](C)c1cccc([N+](=O)[O-])c1. The monoisotopic (exact) mass is 352 g/mol. The van der Waals surface area contributed by atoms with Gasteiger partial charge >= 0.3 is 5.97 Å². The lowest BCUT2D eigenvalue weighted by Gasteiger charge is -2.12. The summed E-state index contributed by atoms with van der Waals surface area (Å²) in [5.41, 5.74) is 1.73. The third-order valence-electron chi connectivity index (χ3n) is 3.80. The van der Waals surface area contributed by atoms with Crippen LogP contribution >= 0.6 is 0 Å². The van der Waals surface area contributed by atoms with Crippen LogP contribution in [0, 0.1) is 17.0 Å². The van der Waals surface area contributed by atoms with E-state index in [2.05, 4.69) is 10.2 Å². The molecule has 0 fully saturated rings. The highest BCUT2D eigenvalue weighted by atomic mass is 16.6. The van der Waals surface area contributed by atoms with Crippen LogP contribution in [0.15, 0.2) is 54.6 Å². The molecule has 0 saturated heterocycles. The zero-order valence-electron chi connectivity index (χ0n) is 14.2. The predicted molar refractivity (Wildman–Crippen MR) is 93.0 cm³/mol. The van der Waals surface area contributed by atoms with E-state index in [9.17, 15) is 14.9 Å². The Labute approximate surface area is 149 Å². The second-order valence-corrected chi connectivity index (χ2v) is 5.66. The minimum atomic E-state index is -0.663. The first-order chi connectivity index (χ1) is 12.5. The maximum atomic E-state index is 12.4. The number of esters is 1. The van der Waals surface area contributed by atoms with Gasteiger partial charge in [0.25, 0.3) is 5.69 Å². The lowest BCUT2D eigenvalue weighted by molar-refractivity contribution is -0.385. The second-order valence-electron chi connectivity index (χ2n) is 5.66. The fourth-order valence-corrected chi connectivity index (χ4v) is 2.42. The molecule has 1 heterocycles. The molecule has 0 bridgehead atoms. The number of ether oxygens (including phenoxy) is 1. The quantitative estimate of drug-likeness (QED) is 0.396. The van der Waals surface area contributed by atoms with Crippen LogP contribution in [0.1, 0.15) is 34.8 Å². The Balaban J connectivity index is 1.79. The predicted octanol–water partition coefficient (Wildman–Crippen LogP) is 3.40. The smallest absolute Gasteiger partial charge is 0.361 e. The van der Waals surface area contributed by atoms with E-state index in [-0.39, 0.29) is 11.4 Å². The highest BCUT2D eigenvalue weighted by Gasteiger charge is 2.21. The fourth-order valence-electron chi connectivity index (χ4n) is 2.42. The summed E-state index contributed by atoms with van der Waals surface area (Å²) in [6.45, 7) is 3.31. The van der Waals surface area contributed by atoms with Gasteiger partial charge in [-0.25, -0.2) is 4.79 Å². The molecule has 0 saturated carbocycles. The molecule has 0 radical (unpaired) electrons. The van der Waals surface area contributed by atoms with Crippen LogP contribution in [0.25, 0.3) is 5.69 Å². The van der Waals surface area contributed by atoms with E-state index < -0.39 is 17.0 Å². The van der Waals surface area contributed by atoms with E-state index >= 15 is 0 Å². The van der Waals surface area contributed by atoms with Crippen molar-refractivity contribution in [3.63, 3.8) is 0 Å². The summed E-state index contributed by atoms with van der Waals surface area (Å²) in [7, 11) is 0. The van der Waals surface area contributed by atoms with Crippen molar-refractivity contribution in [2.24, 2.45) is 0 Å². The Kier molecular flexibility index (Phi) is 4.74. The van der Waals surface area contributed by atoms with Crippen LogP contribution in [0.5, 0.6) is 0 Å². The topological polar surface area (TPSA) is 100 Å². The minimum absolute atomic E-state index is 0.0587. The Bertz CT molecular complexity index is 953. The molecule has 1 aromatic heterocycles. The molecule has 0 aliphatic heterocycles. The molecule has 8 heteroatoms. The van der Waals surface area contributed by atoms with Gasteiger partial charge in [0.1, 0.15) is 6.10 Å². The van der Waals surface area contributed by atoms with Crippen LogP contribution in [0.4, 0.5) is 5.69 Å². The molecule has 0 aliphatic carbocycles. The van der Waals surface area contributed by atoms with Crippen LogP contribution in [0.3, 0.4) is 0 Å². The van der Waals surface area contributed by atoms with E-state index in [1.165, 1.54) is 16.9 Å². The van der Waals surface area contributed by atoms with Gasteiger partial charge in [0.15, 0.2) is 5.69 Å². The number of aromatic nitrogens is 3. The van der Waals surface area contributed by atoms with Crippen LogP contribution in [-0.4, -0.2) is 25.9 Å². The van der Waals surface area contributed by atoms with Crippen LogP contribution in [-0.2, 0) is 4.74 Å². The molecule has 0 aliphatic rings. The number of nitro groups is 1. The van der Waals surface area contributed by atoms with Gasteiger partial charge in [-0.1, -0.05) is 30.3 Å². The van der Waals surface area contributed by atoms with Gasteiger partial charge in [-0.15, -0.1) is 5.10 Å². The van der Waals surface area contributed by atoms with Crippen molar-refractivity contribution in [3.8, 4) is 5.69 Å². The lowest BCUT2D eigenvalue weighted by Crippen LogP contribution is -2.11. The summed E-state index contributed by atoms with van der Waals surface area (Å²) in [5, 5.41) is 19.3. The zero-order chi connectivity index (χ0) is 18.7. The molecule has 3 rings (SSSR count). The molecule has 8 nitrogen and oxygen atoms in total. The van der Waals surface area contributed by atoms with Crippen molar-refractivity contribution in [1.82, 2.24) is 15.0 Å². The Morgan fingerprint density at radius 1 is 1.15 bits per heavy atom. The average molecular weight is 352 g/mol. The van der Waals surface area contributed by atoms with E-state index in [0.29, 0.717) is 11.3 Å². The highest BCUT2D eigenvalue weighted by Crippen LogP contribution is 2.23. The molecule has 2 aromatic carbocycles. The van der Waals surface area contributed by atoms with Gasteiger partial charge in [-0.2, -0.15) is 9.90 Å². The molecular weight excluding hydrogens is 336 g/mol. The van der Waals surface area contributed by atoms with Crippen LogP contribution < -0.4 is 0 Å². The average Bonchev–Trinajstić information content (AvgIpc) is 3.04. The Morgan fingerprint density at radius 2 is 1.88 bits per heavy atom. The number of rotatable bonds is 5. The summed E-state index contributed by atoms with van der Waals surface area (Å²) in [5.74, 6) is -0.635. The first-order valence-corrected chi connectivity index (χ1v) is 7.90. The number of aryl methyl sites for hydroxylation is 1. The third kappa shape index (κ3) is 3.59. The standard InChI is InChI=1S/C18H16N4O4/c1-12-17(20-21(19-12)15-8-4-3-5-9-15)18(23)26-13(2)14-7-6-10-16(11-14)22(24)25/h3-11,13H,1-2H3/t13-/m0/s1. The van der Waals surface area contributed by atoms with Crippen molar-refractivity contribution in [2.75, 3.05) is 0 Å². The summed E-state index contributed by atoms with van der Waals surface area (Å²) < 4.78 is 5.41. The van der Waals surface area contributed by atoms with Gasteiger partial charge in [-0.05, 0) is 31.5 Å². The number of nitro benzene ring substituents is 1. The van der Waals surface area contributed by atoms with Crippen molar-refractivity contribution in [3.05, 3.63) is 81.7 Å². The van der Waals surface area contributed by atoms with E-state index in [4.69, 9.17) is 4.74 Å². The molecule has 1 atom stereocenters. The number of carbonyl (C=O) groups is 1. The number of carbonyl (C=O) groups excluding carboxylic acids is 1. The summed E-state index contributed by atoms with van der Waals surface area (Å²) in [6.07, 6.45) is -0.663. The highest BCUT2D eigenvalue weighted by molar-refractivity contribution is 5.88. The number of hydrogen-bond donors (Lipinski definition) is 0. The Morgan fingerprint density at radius 3 is 2.58 bits per heavy atom. The maximum absolute atomic E-state index is 12.4. The third-order valence-corrected chi connectivity index (χ3v) is 3.80. The largest absolute Gasteiger partial charge is 0.453 e. The van der Waals surface area contributed by atoms with Gasteiger partial charge in [-0.3, -0.25) is 10.1 Å². The number of nitrogens with zero attached hydrogens (tertiary/aromatic N) is 4. The first-order valence-electron chi connectivity index (χ1n) is 7.90. The first kappa shape index (κ1) is 17.3.